The Morgan fingerprint density at radius 1 is 1.33 bits per heavy atom. The zero-order valence-corrected chi connectivity index (χ0v) is 15.7. The lowest BCUT2D eigenvalue weighted by Crippen LogP contribution is -2.28. The first kappa shape index (κ1) is 15.6. The second-order valence-corrected chi connectivity index (χ2v) is 11.6. The highest BCUT2D eigenvalue weighted by atomic mass is 32.2. The van der Waals surface area contributed by atoms with Crippen molar-refractivity contribution in [2.75, 3.05) is 18.8 Å². The van der Waals surface area contributed by atoms with Crippen molar-refractivity contribution in [1.29, 1.82) is 0 Å². The molecule has 0 fully saturated rings. The zero-order chi connectivity index (χ0) is 13.1. The zero-order valence-electron chi connectivity index (χ0n) is 10.0. The molecule has 1 nitrogen and oxygen atoms in total. The Labute approximate surface area is 139 Å². The van der Waals surface area contributed by atoms with Crippen LogP contribution in [0.15, 0.2) is 8.42 Å². The van der Waals surface area contributed by atoms with E-state index in [-0.39, 0.29) is 0 Å². The van der Waals surface area contributed by atoms with Crippen LogP contribution in [0.25, 0.3) is 0 Å². The maximum atomic E-state index is 5.51. The van der Waals surface area contributed by atoms with E-state index in [0.29, 0.717) is 4.58 Å². The maximum Gasteiger partial charge on any atom is 0.145 e. The molecule has 0 saturated carbocycles. The van der Waals surface area contributed by atoms with Crippen LogP contribution < -0.4 is 0 Å². The van der Waals surface area contributed by atoms with Crippen LogP contribution in [0, 0.1) is 3.14 Å². The van der Waals surface area contributed by atoms with E-state index >= 15 is 0 Å². The van der Waals surface area contributed by atoms with Gasteiger partial charge in [0.2, 0.25) is 0 Å². The van der Waals surface area contributed by atoms with Gasteiger partial charge in [0.15, 0.2) is 0 Å². The minimum atomic E-state index is 0.524. The normalized spacial score (nSPS) is 18.4. The number of fused-ring (bicyclic) bond motifs is 1. The molecule has 1 unspecified atom stereocenters. The van der Waals surface area contributed by atoms with Crippen molar-refractivity contribution in [3.05, 3.63) is 3.14 Å². The average Bonchev–Trinajstić information content (AvgIpc) is 2.70. The second-order valence-electron chi connectivity index (χ2n) is 3.44. The van der Waals surface area contributed by atoms with Gasteiger partial charge in [-0.1, -0.05) is 48.0 Å². The third-order valence-electron chi connectivity index (χ3n) is 2.36. The molecule has 0 amide bonds. The summed E-state index contributed by atoms with van der Waals surface area (Å²) in [5.74, 6) is 1.12. The summed E-state index contributed by atoms with van der Waals surface area (Å²) in [5, 5.41) is 0. The SMILES string of the molecule is CCN(CC)C(=S)SC1CSc2sc(=S)sc2S1. The molecule has 0 radical (unpaired) electrons. The topological polar surface area (TPSA) is 3.24 Å². The van der Waals surface area contributed by atoms with Crippen LogP contribution in [-0.4, -0.2) is 32.6 Å². The van der Waals surface area contributed by atoms with Crippen LogP contribution in [0.3, 0.4) is 0 Å². The molecule has 0 aliphatic carbocycles. The van der Waals surface area contributed by atoms with Gasteiger partial charge in [0.25, 0.3) is 0 Å². The average molecular weight is 372 g/mol. The summed E-state index contributed by atoms with van der Waals surface area (Å²) < 4.78 is 5.38. The fourth-order valence-corrected chi connectivity index (χ4v) is 10.4. The molecular weight excluding hydrogens is 359 g/mol. The highest BCUT2D eigenvalue weighted by Gasteiger charge is 2.25. The summed E-state index contributed by atoms with van der Waals surface area (Å²) in [6.07, 6.45) is 0. The molecule has 0 bridgehead atoms. The van der Waals surface area contributed by atoms with E-state index in [1.807, 2.05) is 35.3 Å². The Morgan fingerprint density at radius 3 is 2.67 bits per heavy atom. The highest BCUT2D eigenvalue weighted by Crippen LogP contribution is 2.50. The molecule has 1 aromatic heterocycles. The summed E-state index contributed by atoms with van der Waals surface area (Å²) in [6, 6.07) is 0. The molecule has 1 atom stereocenters. The van der Waals surface area contributed by atoms with Crippen LogP contribution in [0.2, 0.25) is 0 Å². The molecule has 100 valence electrons. The number of thioether (sulfide) groups is 3. The van der Waals surface area contributed by atoms with Crippen molar-refractivity contribution >= 4 is 86.7 Å². The van der Waals surface area contributed by atoms with E-state index < -0.39 is 0 Å². The molecule has 0 saturated heterocycles. The summed E-state index contributed by atoms with van der Waals surface area (Å²) in [5.41, 5.74) is 0. The number of thiocarbonyl (C=S) groups is 1. The molecule has 0 N–H and O–H groups in total. The Hall–Kier alpha value is 1.21. The van der Waals surface area contributed by atoms with E-state index in [1.165, 1.54) is 8.42 Å². The molecule has 0 spiro atoms. The van der Waals surface area contributed by atoms with Gasteiger partial charge in [-0.05, 0) is 13.8 Å². The van der Waals surface area contributed by atoms with Gasteiger partial charge in [0.05, 0.1) is 13.0 Å². The van der Waals surface area contributed by atoms with Crippen LogP contribution >= 0.6 is 82.4 Å². The lowest BCUT2D eigenvalue weighted by atomic mass is 10.6. The predicted octanol–water partition coefficient (Wildman–Crippen LogP) is 5.42. The van der Waals surface area contributed by atoms with Crippen LogP contribution in [0.4, 0.5) is 0 Å². The van der Waals surface area contributed by atoms with Crippen molar-refractivity contribution < 1.29 is 0 Å². The third kappa shape index (κ3) is 3.86. The fourth-order valence-electron chi connectivity index (χ4n) is 1.44. The summed E-state index contributed by atoms with van der Waals surface area (Å²) in [6.45, 7) is 6.30. The van der Waals surface area contributed by atoms with Gasteiger partial charge in [-0.2, -0.15) is 0 Å². The molecule has 2 heterocycles. The Bertz CT molecular complexity index is 473. The largest absolute Gasteiger partial charge is 0.358 e. The van der Waals surface area contributed by atoms with Gasteiger partial charge in [-0.15, -0.1) is 34.4 Å². The standard InChI is InChI=1S/C10H13NS7/c1-3-11(4-2)9(12)16-6-5-14-7-8(15-6)18-10(13)17-7/h6H,3-5H2,1-2H3. The maximum absolute atomic E-state index is 5.51. The van der Waals surface area contributed by atoms with Crippen molar-refractivity contribution in [3.63, 3.8) is 0 Å². The lowest BCUT2D eigenvalue weighted by molar-refractivity contribution is 0.482. The quantitative estimate of drug-likeness (QED) is 0.648. The van der Waals surface area contributed by atoms with Gasteiger partial charge in [0, 0.05) is 18.8 Å². The molecule has 18 heavy (non-hydrogen) atoms. The second kappa shape index (κ2) is 7.28. The first-order chi connectivity index (χ1) is 8.63. The van der Waals surface area contributed by atoms with Crippen molar-refractivity contribution in [3.8, 4) is 0 Å². The van der Waals surface area contributed by atoms with Crippen molar-refractivity contribution in [2.24, 2.45) is 0 Å². The van der Waals surface area contributed by atoms with E-state index in [2.05, 4.69) is 18.7 Å². The predicted molar refractivity (Wildman–Crippen MR) is 96.5 cm³/mol. The Morgan fingerprint density at radius 2 is 2.00 bits per heavy atom. The van der Waals surface area contributed by atoms with Crippen LogP contribution in [-0.2, 0) is 0 Å². The smallest absolute Gasteiger partial charge is 0.145 e. The molecule has 8 heteroatoms. The first-order valence-corrected chi connectivity index (χ1v) is 10.7. The number of hydrogen-bond donors (Lipinski definition) is 0. The third-order valence-corrected chi connectivity index (χ3v) is 10.4. The summed E-state index contributed by atoms with van der Waals surface area (Å²) in [4.78, 5) is 2.25. The lowest BCUT2D eigenvalue weighted by Gasteiger charge is -2.25. The molecule has 2 rings (SSSR count). The Kier molecular flexibility index (Phi) is 6.31. The number of nitrogens with zero attached hydrogens (tertiary/aromatic N) is 1. The minimum Gasteiger partial charge on any atom is -0.358 e. The fraction of sp³-hybridized carbons (Fsp3) is 0.600. The van der Waals surface area contributed by atoms with Gasteiger partial charge in [-0.25, -0.2) is 0 Å². The van der Waals surface area contributed by atoms with Crippen molar-refractivity contribution in [2.45, 2.75) is 26.8 Å². The molecule has 0 aromatic carbocycles. The van der Waals surface area contributed by atoms with Crippen LogP contribution in [0.5, 0.6) is 0 Å². The number of hydrogen-bond acceptors (Lipinski definition) is 7. The van der Waals surface area contributed by atoms with Crippen LogP contribution in [0.1, 0.15) is 13.8 Å². The monoisotopic (exact) mass is 371 g/mol. The summed E-state index contributed by atoms with van der Waals surface area (Å²) in [7, 11) is 0. The summed E-state index contributed by atoms with van der Waals surface area (Å²) >= 11 is 20.0. The number of rotatable bonds is 3. The highest BCUT2D eigenvalue weighted by molar-refractivity contribution is 8.31. The minimum absolute atomic E-state index is 0.524. The van der Waals surface area contributed by atoms with E-state index in [4.69, 9.17) is 24.4 Å². The molecule has 1 aromatic rings. The first-order valence-electron chi connectivity index (χ1n) is 5.53. The van der Waals surface area contributed by atoms with Gasteiger partial charge < -0.3 is 4.90 Å². The Balaban J connectivity index is 1.97. The molecular formula is C10H13NS7. The van der Waals surface area contributed by atoms with E-state index in [0.717, 1.165) is 26.3 Å². The van der Waals surface area contributed by atoms with Gasteiger partial charge in [-0.3, -0.25) is 0 Å². The molecule has 1 aliphatic heterocycles. The van der Waals surface area contributed by atoms with Gasteiger partial charge in [0.1, 0.15) is 7.46 Å². The molecule has 1 aliphatic rings. The van der Waals surface area contributed by atoms with E-state index in [1.54, 1.807) is 22.7 Å². The van der Waals surface area contributed by atoms with Gasteiger partial charge >= 0.3 is 0 Å². The van der Waals surface area contributed by atoms with E-state index in [9.17, 15) is 0 Å². The van der Waals surface area contributed by atoms with Crippen molar-refractivity contribution in [1.82, 2.24) is 4.90 Å².